The average molecular weight is 313 g/mol. The average Bonchev–Trinajstić information content (AvgIpc) is 2.77. The van der Waals surface area contributed by atoms with Crippen LogP contribution < -0.4 is 10.1 Å². The highest BCUT2D eigenvalue weighted by molar-refractivity contribution is 9.10. The molecule has 1 saturated heterocycles. The highest BCUT2D eigenvalue weighted by Crippen LogP contribution is 2.27. The molecule has 1 aromatic rings. The summed E-state index contributed by atoms with van der Waals surface area (Å²) in [5.74, 6) is 1.70. The van der Waals surface area contributed by atoms with E-state index in [4.69, 9.17) is 4.74 Å². The molecule has 0 aromatic heterocycles. The third-order valence-electron chi connectivity index (χ3n) is 3.49. The minimum atomic E-state index is 0.802. The summed E-state index contributed by atoms with van der Waals surface area (Å²) in [4.78, 5) is 2.52. The number of nitrogens with one attached hydrogen (secondary N) is 1. The van der Waals surface area contributed by atoms with Crippen LogP contribution >= 0.6 is 15.9 Å². The highest BCUT2D eigenvalue weighted by atomic mass is 79.9. The van der Waals surface area contributed by atoms with E-state index in [0.29, 0.717) is 0 Å². The summed E-state index contributed by atoms with van der Waals surface area (Å²) in [6.07, 6.45) is 1.30. The van der Waals surface area contributed by atoms with Gasteiger partial charge in [0.2, 0.25) is 0 Å². The van der Waals surface area contributed by atoms with Gasteiger partial charge in [-0.2, -0.15) is 0 Å². The second-order valence-corrected chi connectivity index (χ2v) is 5.77. The van der Waals surface area contributed by atoms with Crippen LogP contribution in [0.2, 0.25) is 0 Å². The Morgan fingerprint density at radius 3 is 3.00 bits per heavy atom. The van der Waals surface area contributed by atoms with Crippen molar-refractivity contribution in [3.63, 3.8) is 0 Å². The van der Waals surface area contributed by atoms with Crippen LogP contribution in [0.1, 0.15) is 12.0 Å². The fraction of sp³-hybridized carbons (Fsp3) is 0.571. The molecule has 1 aromatic carbocycles. The zero-order valence-electron chi connectivity index (χ0n) is 11.1. The molecule has 0 radical (unpaired) electrons. The summed E-state index contributed by atoms with van der Waals surface area (Å²) >= 11 is 3.54. The van der Waals surface area contributed by atoms with Gasteiger partial charge >= 0.3 is 0 Å². The molecule has 100 valence electrons. The highest BCUT2D eigenvalue weighted by Gasteiger charge is 2.21. The number of nitrogens with zero attached hydrogens (tertiary/aromatic N) is 1. The number of hydrogen-bond donors (Lipinski definition) is 1. The van der Waals surface area contributed by atoms with E-state index in [-0.39, 0.29) is 0 Å². The molecule has 3 nitrogen and oxygen atoms in total. The molecule has 1 unspecified atom stereocenters. The Labute approximate surface area is 118 Å². The standard InChI is InChI=1S/C14H21BrN2O/c1-16-8-12-5-6-17(10-12)9-11-3-4-14(18-2)13(15)7-11/h3-4,7,12,16H,5-6,8-10H2,1-2H3. The summed E-state index contributed by atoms with van der Waals surface area (Å²) in [7, 11) is 3.73. The molecule has 1 aliphatic heterocycles. The molecule has 0 spiro atoms. The summed E-state index contributed by atoms with van der Waals surface area (Å²) in [6.45, 7) is 4.56. The molecule has 0 saturated carbocycles. The second kappa shape index (κ2) is 6.55. The lowest BCUT2D eigenvalue weighted by molar-refractivity contribution is 0.315. The number of hydrogen-bond acceptors (Lipinski definition) is 3. The Bertz CT molecular complexity index is 397. The Kier molecular flexibility index (Phi) is 5.03. The molecular formula is C14H21BrN2O. The van der Waals surface area contributed by atoms with Crippen molar-refractivity contribution < 1.29 is 4.74 Å². The lowest BCUT2D eigenvalue weighted by Gasteiger charge is -2.16. The van der Waals surface area contributed by atoms with Gasteiger partial charge in [0.05, 0.1) is 11.6 Å². The maximum Gasteiger partial charge on any atom is 0.133 e. The number of methoxy groups -OCH3 is 1. The first-order chi connectivity index (χ1) is 8.72. The third-order valence-corrected chi connectivity index (χ3v) is 4.10. The van der Waals surface area contributed by atoms with E-state index in [0.717, 1.165) is 29.2 Å². The van der Waals surface area contributed by atoms with Crippen LogP contribution in [0.25, 0.3) is 0 Å². The fourth-order valence-electron chi connectivity index (χ4n) is 2.58. The van der Waals surface area contributed by atoms with Gasteiger partial charge in [0.1, 0.15) is 5.75 Å². The van der Waals surface area contributed by atoms with Crippen molar-refractivity contribution in [3.8, 4) is 5.75 Å². The lowest BCUT2D eigenvalue weighted by atomic mass is 10.1. The molecular weight excluding hydrogens is 292 g/mol. The topological polar surface area (TPSA) is 24.5 Å². The van der Waals surface area contributed by atoms with Crippen molar-refractivity contribution >= 4 is 15.9 Å². The van der Waals surface area contributed by atoms with Gasteiger partial charge in [0.15, 0.2) is 0 Å². The van der Waals surface area contributed by atoms with E-state index in [1.54, 1.807) is 7.11 Å². The van der Waals surface area contributed by atoms with Crippen LogP contribution in [0.4, 0.5) is 0 Å². The SMILES string of the molecule is CNCC1CCN(Cc2ccc(OC)c(Br)c2)C1. The second-order valence-electron chi connectivity index (χ2n) is 4.92. The maximum absolute atomic E-state index is 5.25. The zero-order valence-corrected chi connectivity index (χ0v) is 12.7. The van der Waals surface area contributed by atoms with Crippen LogP contribution in [0, 0.1) is 5.92 Å². The molecule has 4 heteroatoms. The van der Waals surface area contributed by atoms with E-state index >= 15 is 0 Å². The van der Waals surface area contributed by atoms with E-state index in [1.165, 1.54) is 25.1 Å². The Hall–Kier alpha value is -0.580. The number of ether oxygens (including phenoxy) is 1. The van der Waals surface area contributed by atoms with E-state index in [2.05, 4.69) is 38.3 Å². The van der Waals surface area contributed by atoms with Crippen LogP contribution in [0.5, 0.6) is 5.75 Å². The number of likely N-dealkylation sites (tertiary alicyclic amines) is 1. The minimum absolute atomic E-state index is 0.802. The summed E-state index contributed by atoms with van der Waals surface area (Å²) in [5, 5.41) is 3.27. The van der Waals surface area contributed by atoms with Gasteiger partial charge in [-0.25, -0.2) is 0 Å². The van der Waals surface area contributed by atoms with Gasteiger partial charge in [-0.05, 0) is 66.1 Å². The Morgan fingerprint density at radius 1 is 1.50 bits per heavy atom. The van der Waals surface area contributed by atoms with Crippen molar-refractivity contribution in [2.75, 3.05) is 33.8 Å². The predicted molar refractivity (Wildman–Crippen MR) is 78.0 cm³/mol. The first-order valence-corrected chi connectivity index (χ1v) is 7.21. The number of benzene rings is 1. The van der Waals surface area contributed by atoms with Crippen molar-refractivity contribution in [2.24, 2.45) is 5.92 Å². The molecule has 18 heavy (non-hydrogen) atoms. The van der Waals surface area contributed by atoms with Gasteiger partial charge < -0.3 is 10.1 Å². The number of halogens is 1. The Morgan fingerprint density at radius 2 is 2.33 bits per heavy atom. The fourth-order valence-corrected chi connectivity index (χ4v) is 3.17. The van der Waals surface area contributed by atoms with Crippen molar-refractivity contribution in [2.45, 2.75) is 13.0 Å². The van der Waals surface area contributed by atoms with Gasteiger partial charge in [0.25, 0.3) is 0 Å². The first-order valence-electron chi connectivity index (χ1n) is 6.42. The molecule has 1 aliphatic rings. The third kappa shape index (κ3) is 3.46. The predicted octanol–water partition coefficient (Wildman–Crippen LogP) is 2.50. The van der Waals surface area contributed by atoms with E-state index in [9.17, 15) is 0 Å². The van der Waals surface area contributed by atoms with Crippen LogP contribution in [-0.4, -0.2) is 38.7 Å². The molecule has 2 rings (SSSR count). The van der Waals surface area contributed by atoms with Gasteiger partial charge in [-0.1, -0.05) is 6.07 Å². The van der Waals surface area contributed by atoms with Crippen molar-refractivity contribution in [1.82, 2.24) is 10.2 Å². The van der Waals surface area contributed by atoms with Crippen LogP contribution in [-0.2, 0) is 6.54 Å². The van der Waals surface area contributed by atoms with Gasteiger partial charge in [-0.3, -0.25) is 4.90 Å². The lowest BCUT2D eigenvalue weighted by Crippen LogP contribution is -2.24. The molecule has 1 atom stereocenters. The van der Waals surface area contributed by atoms with Gasteiger partial charge in [0, 0.05) is 13.1 Å². The maximum atomic E-state index is 5.25. The van der Waals surface area contributed by atoms with E-state index in [1.807, 2.05) is 13.1 Å². The minimum Gasteiger partial charge on any atom is -0.496 e. The quantitative estimate of drug-likeness (QED) is 0.904. The largest absolute Gasteiger partial charge is 0.496 e. The molecule has 0 aliphatic carbocycles. The van der Waals surface area contributed by atoms with Crippen LogP contribution in [0.3, 0.4) is 0 Å². The normalized spacial score (nSPS) is 20.3. The number of rotatable bonds is 5. The smallest absolute Gasteiger partial charge is 0.133 e. The Balaban J connectivity index is 1.92. The van der Waals surface area contributed by atoms with E-state index < -0.39 is 0 Å². The zero-order chi connectivity index (χ0) is 13.0. The monoisotopic (exact) mass is 312 g/mol. The molecule has 1 N–H and O–H groups in total. The molecule has 1 fully saturated rings. The van der Waals surface area contributed by atoms with Crippen molar-refractivity contribution in [3.05, 3.63) is 28.2 Å². The van der Waals surface area contributed by atoms with Gasteiger partial charge in [-0.15, -0.1) is 0 Å². The molecule has 0 amide bonds. The van der Waals surface area contributed by atoms with Crippen molar-refractivity contribution in [1.29, 1.82) is 0 Å². The summed E-state index contributed by atoms with van der Waals surface area (Å²) in [6, 6.07) is 6.33. The van der Waals surface area contributed by atoms with Crippen LogP contribution in [0.15, 0.2) is 22.7 Å². The first kappa shape index (κ1) is 13.8. The molecule has 1 heterocycles. The summed E-state index contributed by atoms with van der Waals surface area (Å²) in [5.41, 5.74) is 1.34. The molecule has 0 bridgehead atoms. The summed E-state index contributed by atoms with van der Waals surface area (Å²) < 4.78 is 6.29.